The molecule has 0 radical (unpaired) electrons. The summed E-state index contributed by atoms with van der Waals surface area (Å²) < 4.78 is 15.0. The number of rotatable bonds is 4. The van der Waals surface area contributed by atoms with Crippen LogP contribution in [0.4, 0.5) is 20.6 Å². The number of hydrogen-bond acceptors (Lipinski definition) is 5. The number of thioether (sulfide) groups is 1. The molecule has 1 saturated heterocycles. The van der Waals surface area contributed by atoms with Gasteiger partial charge in [0.1, 0.15) is 12.4 Å². The van der Waals surface area contributed by atoms with Crippen LogP contribution in [0.2, 0.25) is 0 Å². The summed E-state index contributed by atoms with van der Waals surface area (Å²) in [6.07, 6.45) is 2.32. The van der Waals surface area contributed by atoms with E-state index >= 15 is 4.39 Å². The van der Waals surface area contributed by atoms with Crippen LogP contribution in [0.3, 0.4) is 0 Å². The number of carbonyl (C=O) groups is 3. The molecule has 3 amide bonds. The van der Waals surface area contributed by atoms with Gasteiger partial charge in [-0.1, -0.05) is 24.6 Å². The first-order valence-corrected chi connectivity index (χ1v) is 12.0. The summed E-state index contributed by atoms with van der Waals surface area (Å²) in [5, 5.41) is 2.13. The number of fused-ring (bicyclic) bond motifs is 1. The molecule has 34 heavy (non-hydrogen) atoms. The van der Waals surface area contributed by atoms with Crippen LogP contribution in [0.15, 0.2) is 41.3 Å². The number of hydrogen-bond donors (Lipinski definition) is 1. The lowest BCUT2D eigenvalue weighted by Gasteiger charge is -2.45. The molecule has 2 aliphatic rings. The quantitative estimate of drug-likeness (QED) is 0.582. The molecule has 0 spiro atoms. The largest absolute Gasteiger partial charge is 0.369 e. The molecule has 1 atom stereocenters. The van der Waals surface area contributed by atoms with Crippen LogP contribution >= 0.6 is 11.8 Å². The summed E-state index contributed by atoms with van der Waals surface area (Å²) in [6.45, 7) is 7.89. The van der Waals surface area contributed by atoms with Gasteiger partial charge in [0.2, 0.25) is 5.91 Å². The van der Waals surface area contributed by atoms with Crippen molar-refractivity contribution in [1.29, 1.82) is 0 Å². The molecule has 2 aliphatic heterocycles. The zero-order valence-electron chi connectivity index (χ0n) is 19.9. The second kappa shape index (κ2) is 8.91. The van der Waals surface area contributed by atoms with Crippen LogP contribution in [0.25, 0.3) is 6.08 Å². The Morgan fingerprint density at radius 2 is 1.91 bits per heavy atom. The Kier molecular flexibility index (Phi) is 6.29. The molecule has 2 aromatic rings. The minimum absolute atomic E-state index is 0.0951. The van der Waals surface area contributed by atoms with Crippen molar-refractivity contribution in [3.05, 3.63) is 63.8 Å². The van der Waals surface area contributed by atoms with Crippen molar-refractivity contribution in [2.45, 2.75) is 45.6 Å². The molecule has 4 rings (SSSR count). The number of nitrogens with zero attached hydrogens (tertiary/aromatic N) is 2. The van der Waals surface area contributed by atoms with Crippen molar-refractivity contribution in [2.75, 3.05) is 23.8 Å². The first kappa shape index (κ1) is 24.0. The third-order valence-electron chi connectivity index (χ3n) is 6.55. The van der Waals surface area contributed by atoms with Crippen LogP contribution in [-0.4, -0.2) is 41.1 Å². The SMILES string of the molecule is Cc1ccc(NC(=O)CN2C(=O)S/C(=C/c3cc4c(cc3F)N(C)C(C)(C)CC4C)C2=O)cc1. The number of halogens is 1. The lowest BCUT2D eigenvalue weighted by Crippen LogP contribution is -2.45. The molecule has 1 N–H and O–H groups in total. The molecular weight excluding hydrogens is 453 g/mol. The molecule has 0 aromatic heterocycles. The van der Waals surface area contributed by atoms with E-state index in [1.807, 2.05) is 26.1 Å². The Hall–Kier alpha value is -3.13. The van der Waals surface area contributed by atoms with E-state index in [-0.39, 0.29) is 21.9 Å². The highest BCUT2D eigenvalue weighted by Gasteiger charge is 2.37. The highest BCUT2D eigenvalue weighted by atomic mass is 32.2. The zero-order chi connectivity index (χ0) is 24.8. The minimum atomic E-state index is -0.600. The van der Waals surface area contributed by atoms with Gasteiger partial charge in [0, 0.05) is 29.5 Å². The second-order valence-electron chi connectivity index (χ2n) is 9.59. The van der Waals surface area contributed by atoms with Gasteiger partial charge in [-0.25, -0.2) is 4.39 Å². The lowest BCUT2D eigenvalue weighted by molar-refractivity contribution is -0.127. The third-order valence-corrected chi connectivity index (χ3v) is 7.46. The summed E-state index contributed by atoms with van der Waals surface area (Å²) in [5.41, 5.74) is 3.63. The number of carbonyl (C=O) groups excluding carboxylic acids is 3. The van der Waals surface area contributed by atoms with Gasteiger partial charge in [-0.2, -0.15) is 0 Å². The maximum absolute atomic E-state index is 15.0. The number of benzene rings is 2. The first-order chi connectivity index (χ1) is 16.0. The highest BCUT2D eigenvalue weighted by Crippen LogP contribution is 2.44. The molecule has 1 unspecified atom stereocenters. The average molecular weight is 482 g/mol. The Bertz CT molecular complexity index is 1210. The summed E-state index contributed by atoms with van der Waals surface area (Å²) >= 11 is 0.716. The molecule has 0 saturated carbocycles. The van der Waals surface area contributed by atoms with Crippen LogP contribution in [-0.2, 0) is 9.59 Å². The molecule has 2 heterocycles. The minimum Gasteiger partial charge on any atom is -0.369 e. The molecule has 8 heteroatoms. The van der Waals surface area contributed by atoms with Crippen molar-refractivity contribution < 1.29 is 18.8 Å². The lowest BCUT2D eigenvalue weighted by atomic mass is 9.80. The van der Waals surface area contributed by atoms with Gasteiger partial charge in [-0.15, -0.1) is 0 Å². The van der Waals surface area contributed by atoms with Gasteiger partial charge >= 0.3 is 0 Å². The molecule has 178 valence electrons. The predicted molar refractivity (Wildman–Crippen MR) is 134 cm³/mol. The summed E-state index contributed by atoms with van der Waals surface area (Å²) in [6, 6.07) is 10.5. The van der Waals surface area contributed by atoms with Gasteiger partial charge in [-0.05, 0) is 80.8 Å². The summed E-state index contributed by atoms with van der Waals surface area (Å²) in [5.74, 6) is -1.32. The van der Waals surface area contributed by atoms with E-state index in [1.165, 1.54) is 12.1 Å². The Morgan fingerprint density at radius 1 is 1.24 bits per heavy atom. The monoisotopic (exact) mass is 481 g/mol. The maximum atomic E-state index is 15.0. The van der Waals surface area contributed by atoms with Gasteiger partial charge in [-0.3, -0.25) is 19.3 Å². The smallest absolute Gasteiger partial charge is 0.294 e. The average Bonchev–Trinajstić information content (AvgIpc) is 3.02. The van der Waals surface area contributed by atoms with Crippen molar-refractivity contribution >= 4 is 46.3 Å². The van der Waals surface area contributed by atoms with Gasteiger partial charge in [0.25, 0.3) is 11.1 Å². The van der Waals surface area contributed by atoms with Crippen molar-refractivity contribution in [3.63, 3.8) is 0 Å². The standard InChI is InChI=1S/C26H28FN3O3S/c1-15-6-8-18(9-7-15)28-23(31)14-30-24(32)22(34-25(30)33)11-17-10-19-16(2)13-26(3,4)29(5)21(19)12-20(17)27/h6-12,16H,13-14H2,1-5H3,(H,28,31)/b22-11+. The van der Waals surface area contributed by atoms with E-state index in [2.05, 4.69) is 31.0 Å². The van der Waals surface area contributed by atoms with Crippen LogP contribution in [0, 0.1) is 12.7 Å². The van der Waals surface area contributed by atoms with E-state index in [1.54, 1.807) is 18.2 Å². The molecule has 2 aromatic carbocycles. The number of aryl methyl sites for hydroxylation is 1. The van der Waals surface area contributed by atoms with Crippen LogP contribution in [0.1, 0.15) is 49.8 Å². The number of anilines is 2. The van der Waals surface area contributed by atoms with Crippen molar-refractivity contribution in [2.24, 2.45) is 0 Å². The van der Waals surface area contributed by atoms with Gasteiger partial charge in [0.15, 0.2) is 0 Å². The number of amides is 3. The highest BCUT2D eigenvalue weighted by molar-refractivity contribution is 8.18. The fourth-order valence-corrected chi connectivity index (χ4v) is 5.30. The topological polar surface area (TPSA) is 69.7 Å². The van der Waals surface area contributed by atoms with Gasteiger partial charge in [0.05, 0.1) is 4.91 Å². The molecule has 0 aliphatic carbocycles. The zero-order valence-corrected chi connectivity index (χ0v) is 20.8. The van der Waals surface area contributed by atoms with Gasteiger partial charge < -0.3 is 10.2 Å². The van der Waals surface area contributed by atoms with E-state index in [4.69, 9.17) is 0 Å². The Morgan fingerprint density at radius 3 is 2.59 bits per heavy atom. The maximum Gasteiger partial charge on any atom is 0.294 e. The summed E-state index contributed by atoms with van der Waals surface area (Å²) in [7, 11) is 1.96. The number of imide groups is 1. The van der Waals surface area contributed by atoms with E-state index < -0.39 is 29.4 Å². The predicted octanol–water partition coefficient (Wildman–Crippen LogP) is 5.53. The fraction of sp³-hybridized carbons (Fsp3) is 0.346. The van der Waals surface area contributed by atoms with Crippen molar-refractivity contribution in [3.8, 4) is 0 Å². The van der Waals surface area contributed by atoms with Crippen molar-refractivity contribution in [1.82, 2.24) is 4.90 Å². The fourth-order valence-electron chi connectivity index (χ4n) is 4.47. The number of nitrogens with one attached hydrogen (secondary N) is 1. The molecule has 6 nitrogen and oxygen atoms in total. The van der Waals surface area contributed by atoms with E-state index in [0.29, 0.717) is 17.4 Å². The summed E-state index contributed by atoms with van der Waals surface area (Å²) in [4.78, 5) is 40.8. The van der Waals surface area contributed by atoms with E-state index in [9.17, 15) is 14.4 Å². The third kappa shape index (κ3) is 4.59. The molecular formula is C26H28FN3O3S. The molecule has 0 bridgehead atoms. The van der Waals surface area contributed by atoms with Crippen LogP contribution < -0.4 is 10.2 Å². The Balaban J connectivity index is 1.54. The molecule has 1 fully saturated rings. The Labute approximate surface area is 203 Å². The first-order valence-electron chi connectivity index (χ1n) is 11.2. The van der Waals surface area contributed by atoms with E-state index in [0.717, 1.165) is 28.1 Å². The normalized spacial score (nSPS) is 20.6. The van der Waals surface area contributed by atoms with Crippen LogP contribution in [0.5, 0.6) is 0 Å². The second-order valence-corrected chi connectivity index (χ2v) is 10.6.